The molecule has 0 aromatic carbocycles. The molecular weight excluding hydrogens is 453 g/mol. The van der Waals surface area contributed by atoms with Gasteiger partial charge in [0.2, 0.25) is 0 Å². The second-order valence-corrected chi connectivity index (χ2v) is 10.1. The first-order chi connectivity index (χ1) is 14.6. The molecule has 2 aliphatic rings. The van der Waals surface area contributed by atoms with Crippen molar-refractivity contribution >= 4 is 35.0 Å². The van der Waals surface area contributed by atoms with Crippen LogP contribution in [0.2, 0.25) is 0 Å². The Balaban J connectivity index is 0.000000339. The van der Waals surface area contributed by atoms with Crippen molar-refractivity contribution in [3.63, 3.8) is 0 Å². The third kappa shape index (κ3) is 6.20. The predicted octanol–water partition coefficient (Wildman–Crippen LogP) is 4.00. The Labute approximate surface area is 185 Å². The lowest BCUT2D eigenvalue weighted by molar-refractivity contribution is -0.192. The van der Waals surface area contributed by atoms with Crippen LogP contribution >= 0.6 is 23.1 Å². The van der Waals surface area contributed by atoms with Gasteiger partial charge >= 0.3 is 12.1 Å². The Bertz CT molecular complexity index is 915. The lowest BCUT2D eigenvalue weighted by atomic mass is 9.92. The van der Waals surface area contributed by atoms with Gasteiger partial charge in [-0.2, -0.15) is 13.2 Å². The molecule has 0 saturated carbocycles. The number of aliphatic carboxylic acids is 1. The normalized spacial score (nSPS) is 19.5. The number of amides is 1. The number of halogens is 3. The molecule has 11 heteroatoms. The molecule has 2 aromatic rings. The van der Waals surface area contributed by atoms with Gasteiger partial charge in [0, 0.05) is 29.9 Å². The van der Waals surface area contributed by atoms with Crippen molar-refractivity contribution < 1.29 is 32.6 Å². The third-order valence-electron chi connectivity index (χ3n) is 4.81. The lowest BCUT2D eigenvalue weighted by Crippen LogP contribution is -2.60. The van der Waals surface area contributed by atoms with Crippen LogP contribution in [-0.2, 0) is 16.1 Å². The second kappa shape index (κ2) is 9.58. The summed E-state index contributed by atoms with van der Waals surface area (Å²) in [5.74, 6) is -1.57. The largest absolute Gasteiger partial charge is 0.490 e. The minimum atomic E-state index is -5.08. The van der Waals surface area contributed by atoms with E-state index in [0.717, 1.165) is 35.8 Å². The van der Waals surface area contributed by atoms with Crippen LogP contribution in [0.4, 0.5) is 13.2 Å². The highest BCUT2D eigenvalue weighted by molar-refractivity contribution is 8.01. The summed E-state index contributed by atoms with van der Waals surface area (Å²) in [5.41, 5.74) is 0.974. The molecule has 4 rings (SSSR count). The van der Waals surface area contributed by atoms with E-state index < -0.39 is 12.1 Å². The van der Waals surface area contributed by atoms with Gasteiger partial charge in [0.15, 0.2) is 0 Å². The van der Waals surface area contributed by atoms with E-state index in [4.69, 9.17) is 14.6 Å². The molecule has 1 amide bonds. The van der Waals surface area contributed by atoms with E-state index >= 15 is 0 Å². The molecule has 2 aliphatic heterocycles. The van der Waals surface area contributed by atoms with Gasteiger partial charge in [-0.05, 0) is 37.6 Å². The molecular formula is C20H21F3N2O4S2. The minimum absolute atomic E-state index is 0.178. The Hall–Kier alpha value is -2.11. The standard InChI is InChI=1S/C18H20N2O2S2.C2HF3O2/c1-13-5-6-16(24-13)17(21)20-11-18(12-20)8-15(10-23-18)22-9-14-4-2-3-7-19-14;3-2(4,5)1(6)7/h2-7,15H,8-12H2,1H3;(H,6,7). The summed E-state index contributed by atoms with van der Waals surface area (Å²) in [6.07, 6.45) is -2.00. The molecule has 2 saturated heterocycles. The fourth-order valence-electron chi connectivity index (χ4n) is 3.31. The number of hydrogen-bond donors (Lipinski definition) is 1. The van der Waals surface area contributed by atoms with Crippen LogP contribution in [0.1, 0.15) is 26.7 Å². The number of ether oxygens (including phenoxy) is 1. The monoisotopic (exact) mass is 474 g/mol. The highest BCUT2D eigenvalue weighted by atomic mass is 32.2. The van der Waals surface area contributed by atoms with Gasteiger partial charge in [-0.25, -0.2) is 4.79 Å². The van der Waals surface area contributed by atoms with Gasteiger partial charge in [0.1, 0.15) is 0 Å². The highest BCUT2D eigenvalue weighted by Crippen LogP contribution is 2.46. The van der Waals surface area contributed by atoms with Crippen LogP contribution in [0, 0.1) is 6.92 Å². The quantitative estimate of drug-likeness (QED) is 0.722. The van der Waals surface area contributed by atoms with Crippen LogP contribution in [-0.4, -0.2) is 62.7 Å². The van der Waals surface area contributed by atoms with Crippen molar-refractivity contribution in [2.75, 3.05) is 18.8 Å². The smallest absolute Gasteiger partial charge is 0.475 e. The summed E-state index contributed by atoms with van der Waals surface area (Å²) in [6, 6.07) is 9.84. The SMILES string of the molecule is Cc1ccc(C(=O)N2CC3(CC(OCc4ccccn4)CS3)C2)s1.O=C(O)C(F)(F)F. The van der Waals surface area contributed by atoms with E-state index in [1.165, 1.54) is 4.88 Å². The molecule has 1 atom stereocenters. The van der Waals surface area contributed by atoms with Crippen LogP contribution in [0.15, 0.2) is 36.5 Å². The number of pyridine rings is 1. The van der Waals surface area contributed by atoms with Crippen LogP contribution in [0.5, 0.6) is 0 Å². The van der Waals surface area contributed by atoms with Gasteiger partial charge in [-0.1, -0.05) is 6.07 Å². The summed E-state index contributed by atoms with van der Waals surface area (Å²) >= 11 is 3.54. The zero-order valence-corrected chi connectivity index (χ0v) is 18.2. The zero-order chi connectivity index (χ0) is 22.6. The van der Waals surface area contributed by atoms with Crippen molar-refractivity contribution in [1.82, 2.24) is 9.88 Å². The van der Waals surface area contributed by atoms with E-state index in [1.54, 1.807) is 17.5 Å². The highest BCUT2D eigenvalue weighted by Gasteiger charge is 2.51. The molecule has 31 heavy (non-hydrogen) atoms. The zero-order valence-electron chi connectivity index (χ0n) is 16.6. The van der Waals surface area contributed by atoms with Gasteiger partial charge in [-0.3, -0.25) is 9.78 Å². The summed E-state index contributed by atoms with van der Waals surface area (Å²) in [5, 5.41) is 7.12. The summed E-state index contributed by atoms with van der Waals surface area (Å²) in [4.78, 5) is 29.7. The van der Waals surface area contributed by atoms with Crippen LogP contribution < -0.4 is 0 Å². The maximum atomic E-state index is 12.5. The van der Waals surface area contributed by atoms with Gasteiger partial charge in [0.25, 0.3) is 5.91 Å². The number of thiophene rings is 1. The van der Waals surface area contributed by atoms with Gasteiger partial charge in [-0.15, -0.1) is 23.1 Å². The number of thioether (sulfide) groups is 1. The fraction of sp³-hybridized carbons (Fsp3) is 0.450. The van der Waals surface area contributed by atoms with Crippen molar-refractivity contribution in [3.05, 3.63) is 52.0 Å². The van der Waals surface area contributed by atoms with E-state index in [2.05, 4.69) is 4.98 Å². The fourth-order valence-corrected chi connectivity index (χ4v) is 5.70. The number of carbonyl (C=O) groups excluding carboxylic acids is 1. The maximum Gasteiger partial charge on any atom is 0.490 e. The second-order valence-electron chi connectivity index (χ2n) is 7.33. The topological polar surface area (TPSA) is 79.7 Å². The number of nitrogens with zero attached hydrogens (tertiary/aromatic N) is 2. The first-order valence-electron chi connectivity index (χ1n) is 9.39. The molecule has 1 spiro atoms. The van der Waals surface area contributed by atoms with Crippen molar-refractivity contribution in [1.29, 1.82) is 0 Å². The molecule has 0 aliphatic carbocycles. The molecule has 6 nitrogen and oxygen atoms in total. The first kappa shape index (κ1) is 23.6. The number of aryl methyl sites for hydroxylation is 1. The summed E-state index contributed by atoms with van der Waals surface area (Å²) in [6.45, 7) is 4.29. The number of alkyl halides is 3. The van der Waals surface area contributed by atoms with E-state index in [1.807, 2.05) is 53.9 Å². The molecule has 2 aromatic heterocycles. The van der Waals surface area contributed by atoms with Crippen molar-refractivity contribution in [2.24, 2.45) is 0 Å². The number of rotatable bonds is 4. The summed E-state index contributed by atoms with van der Waals surface area (Å²) < 4.78 is 38.0. The predicted molar refractivity (Wildman–Crippen MR) is 111 cm³/mol. The molecule has 2 fully saturated rings. The first-order valence-corrected chi connectivity index (χ1v) is 11.2. The Morgan fingerprint density at radius 1 is 1.29 bits per heavy atom. The van der Waals surface area contributed by atoms with E-state index in [0.29, 0.717) is 6.61 Å². The van der Waals surface area contributed by atoms with Gasteiger partial charge in [0.05, 0.1) is 28.0 Å². The average Bonchev–Trinajstić information content (AvgIpc) is 3.32. The molecule has 168 valence electrons. The Morgan fingerprint density at radius 2 is 2.00 bits per heavy atom. The number of carboxylic acids is 1. The average molecular weight is 475 g/mol. The summed E-state index contributed by atoms with van der Waals surface area (Å²) in [7, 11) is 0. The Morgan fingerprint density at radius 3 is 2.55 bits per heavy atom. The number of hydrogen-bond acceptors (Lipinski definition) is 6. The molecule has 0 bridgehead atoms. The van der Waals surface area contributed by atoms with E-state index in [9.17, 15) is 18.0 Å². The number of likely N-dealkylation sites (tertiary alicyclic amines) is 1. The van der Waals surface area contributed by atoms with Crippen LogP contribution in [0.3, 0.4) is 0 Å². The lowest BCUT2D eigenvalue weighted by Gasteiger charge is -2.47. The molecule has 0 radical (unpaired) electrons. The number of aromatic nitrogens is 1. The minimum Gasteiger partial charge on any atom is -0.475 e. The van der Waals surface area contributed by atoms with Crippen LogP contribution in [0.25, 0.3) is 0 Å². The Kier molecular flexibility index (Phi) is 7.28. The molecule has 4 heterocycles. The maximum absolute atomic E-state index is 12.5. The molecule has 1 unspecified atom stereocenters. The van der Waals surface area contributed by atoms with E-state index in [-0.39, 0.29) is 16.8 Å². The number of carbonyl (C=O) groups is 2. The third-order valence-corrected chi connectivity index (χ3v) is 7.37. The van der Waals surface area contributed by atoms with Crippen molar-refractivity contribution in [2.45, 2.75) is 37.0 Å². The van der Waals surface area contributed by atoms with Crippen molar-refractivity contribution in [3.8, 4) is 0 Å². The number of carboxylic acid groups (broad SMARTS) is 1. The van der Waals surface area contributed by atoms with Gasteiger partial charge < -0.3 is 14.7 Å². The molecule has 1 N–H and O–H groups in total.